The lowest BCUT2D eigenvalue weighted by atomic mass is 10.2. The van der Waals surface area contributed by atoms with E-state index in [0.717, 1.165) is 17.5 Å². The standard InChI is InChI=1S/C14H17N5O3/c1-18-12-7-10(8-16-11(12)9-17-18)13(20)15-3-5-19-4-2-6-22-14(19)21/h7-9H,2-6H2,1H3,(H,15,20). The van der Waals surface area contributed by atoms with E-state index < -0.39 is 0 Å². The summed E-state index contributed by atoms with van der Waals surface area (Å²) in [6.45, 7) is 1.94. The molecule has 2 aromatic heterocycles. The van der Waals surface area contributed by atoms with Gasteiger partial charge in [-0.05, 0) is 12.5 Å². The first-order valence-electron chi connectivity index (χ1n) is 7.13. The lowest BCUT2D eigenvalue weighted by Gasteiger charge is -2.26. The van der Waals surface area contributed by atoms with Gasteiger partial charge in [0.1, 0.15) is 5.52 Å². The Kier molecular flexibility index (Phi) is 3.90. The number of amides is 2. The van der Waals surface area contributed by atoms with Gasteiger partial charge in [-0.2, -0.15) is 5.10 Å². The average molecular weight is 303 g/mol. The summed E-state index contributed by atoms with van der Waals surface area (Å²) in [6, 6.07) is 1.75. The number of hydrogen-bond donors (Lipinski definition) is 1. The number of nitrogens with one attached hydrogen (secondary N) is 1. The van der Waals surface area contributed by atoms with Crippen LogP contribution in [0, 0.1) is 0 Å². The van der Waals surface area contributed by atoms with Crippen LogP contribution in [-0.4, -0.2) is 57.9 Å². The van der Waals surface area contributed by atoms with E-state index in [1.54, 1.807) is 28.9 Å². The fraction of sp³-hybridized carbons (Fsp3) is 0.429. The van der Waals surface area contributed by atoms with Crippen LogP contribution in [0.25, 0.3) is 11.0 Å². The summed E-state index contributed by atoms with van der Waals surface area (Å²) in [5.74, 6) is -0.221. The quantitative estimate of drug-likeness (QED) is 0.890. The van der Waals surface area contributed by atoms with Crippen molar-refractivity contribution in [2.75, 3.05) is 26.2 Å². The van der Waals surface area contributed by atoms with Crippen LogP contribution in [0.1, 0.15) is 16.8 Å². The molecule has 0 atom stereocenters. The molecular formula is C14H17N5O3. The van der Waals surface area contributed by atoms with Crippen LogP contribution in [-0.2, 0) is 11.8 Å². The Morgan fingerprint density at radius 2 is 2.32 bits per heavy atom. The predicted molar refractivity (Wildman–Crippen MR) is 78.4 cm³/mol. The Balaban J connectivity index is 1.58. The van der Waals surface area contributed by atoms with Crippen molar-refractivity contribution in [3.05, 3.63) is 24.0 Å². The van der Waals surface area contributed by atoms with E-state index in [0.29, 0.717) is 31.8 Å². The summed E-state index contributed by atoms with van der Waals surface area (Å²) >= 11 is 0. The second-order valence-corrected chi connectivity index (χ2v) is 5.11. The van der Waals surface area contributed by atoms with Crippen molar-refractivity contribution in [2.24, 2.45) is 7.05 Å². The zero-order valence-electron chi connectivity index (χ0n) is 12.3. The summed E-state index contributed by atoms with van der Waals surface area (Å²) < 4.78 is 6.61. The van der Waals surface area contributed by atoms with Crippen molar-refractivity contribution < 1.29 is 14.3 Å². The van der Waals surface area contributed by atoms with Crippen molar-refractivity contribution in [3.63, 3.8) is 0 Å². The van der Waals surface area contributed by atoms with E-state index >= 15 is 0 Å². The largest absolute Gasteiger partial charge is 0.449 e. The highest BCUT2D eigenvalue weighted by atomic mass is 16.6. The van der Waals surface area contributed by atoms with Gasteiger partial charge in [-0.1, -0.05) is 0 Å². The summed E-state index contributed by atoms with van der Waals surface area (Å²) in [5, 5.41) is 6.88. The van der Waals surface area contributed by atoms with E-state index in [1.807, 2.05) is 0 Å². The van der Waals surface area contributed by atoms with Crippen LogP contribution >= 0.6 is 0 Å². The number of nitrogens with zero attached hydrogens (tertiary/aromatic N) is 4. The highest BCUT2D eigenvalue weighted by Crippen LogP contribution is 2.11. The molecule has 8 nitrogen and oxygen atoms in total. The Morgan fingerprint density at radius 1 is 1.45 bits per heavy atom. The molecule has 1 saturated heterocycles. The fourth-order valence-electron chi connectivity index (χ4n) is 2.36. The third kappa shape index (κ3) is 2.85. The number of aromatic nitrogens is 3. The Morgan fingerprint density at radius 3 is 3.14 bits per heavy atom. The minimum Gasteiger partial charge on any atom is -0.449 e. The van der Waals surface area contributed by atoms with E-state index in [1.165, 1.54) is 6.20 Å². The van der Waals surface area contributed by atoms with Crippen LogP contribution in [0.3, 0.4) is 0 Å². The number of carbonyl (C=O) groups excluding carboxylic acids is 2. The van der Waals surface area contributed by atoms with Gasteiger partial charge in [0.15, 0.2) is 0 Å². The van der Waals surface area contributed by atoms with Crippen LogP contribution < -0.4 is 5.32 Å². The molecule has 0 aliphatic carbocycles. The van der Waals surface area contributed by atoms with Gasteiger partial charge < -0.3 is 15.0 Å². The van der Waals surface area contributed by atoms with Gasteiger partial charge in [-0.3, -0.25) is 14.5 Å². The average Bonchev–Trinajstić information content (AvgIpc) is 2.90. The molecule has 0 aromatic carbocycles. The maximum absolute atomic E-state index is 12.1. The molecule has 2 aromatic rings. The molecule has 1 aliphatic rings. The highest BCUT2D eigenvalue weighted by Gasteiger charge is 2.19. The number of ether oxygens (including phenoxy) is 1. The first-order chi connectivity index (χ1) is 10.6. The van der Waals surface area contributed by atoms with Crippen LogP contribution in [0.5, 0.6) is 0 Å². The molecule has 0 saturated carbocycles. The second kappa shape index (κ2) is 6.00. The number of aryl methyl sites for hydroxylation is 1. The zero-order chi connectivity index (χ0) is 15.5. The minimum absolute atomic E-state index is 0.221. The third-order valence-corrected chi connectivity index (χ3v) is 3.58. The van der Waals surface area contributed by atoms with Crippen molar-refractivity contribution in [2.45, 2.75) is 6.42 Å². The smallest absolute Gasteiger partial charge is 0.409 e. The maximum Gasteiger partial charge on any atom is 0.409 e. The number of pyridine rings is 1. The molecule has 1 fully saturated rings. The molecule has 1 aliphatic heterocycles. The molecule has 3 rings (SSSR count). The first kappa shape index (κ1) is 14.3. The minimum atomic E-state index is -0.321. The number of cyclic esters (lactones) is 1. The van der Waals surface area contributed by atoms with Crippen LogP contribution in [0.2, 0.25) is 0 Å². The number of fused-ring (bicyclic) bond motifs is 1. The number of carbonyl (C=O) groups is 2. The second-order valence-electron chi connectivity index (χ2n) is 5.11. The van der Waals surface area contributed by atoms with Crippen LogP contribution in [0.15, 0.2) is 18.5 Å². The Hall–Kier alpha value is -2.64. The zero-order valence-corrected chi connectivity index (χ0v) is 12.3. The van der Waals surface area contributed by atoms with Crippen LogP contribution in [0.4, 0.5) is 4.79 Å². The molecular weight excluding hydrogens is 286 g/mol. The summed E-state index contributed by atoms with van der Waals surface area (Å²) in [6.07, 6.45) is 3.67. The normalized spacial score (nSPS) is 15.0. The molecule has 0 bridgehead atoms. The molecule has 0 unspecified atom stereocenters. The monoisotopic (exact) mass is 303 g/mol. The molecule has 116 valence electrons. The molecule has 2 amide bonds. The van der Waals surface area contributed by atoms with Gasteiger partial charge in [-0.25, -0.2) is 4.79 Å². The van der Waals surface area contributed by atoms with Gasteiger partial charge in [0.2, 0.25) is 0 Å². The fourth-order valence-corrected chi connectivity index (χ4v) is 2.36. The maximum atomic E-state index is 12.1. The Bertz CT molecular complexity index is 712. The number of rotatable bonds is 4. The number of hydrogen-bond acceptors (Lipinski definition) is 5. The predicted octanol–water partition coefficient (Wildman–Crippen LogP) is 0.540. The van der Waals surface area contributed by atoms with Gasteiger partial charge in [0, 0.05) is 32.9 Å². The van der Waals surface area contributed by atoms with Crippen molar-refractivity contribution in [1.29, 1.82) is 0 Å². The Labute approximate surface area is 127 Å². The van der Waals surface area contributed by atoms with Crippen molar-refractivity contribution >= 4 is 23.0 Å². The van der Waals surface area contributed by atoms with Gasteiger partial charge in [-0.15, -0.1) is 0 Å². The lowest BCUT2D eigenvalue weighted by molar-refractivity contribution is 0.0719. The van der Waals surface area contributed by atoms with Crippen molar-refractivity contribution in [1.82, 2.24) is 25.0 Å². The van der Waals surface area contributed by atoms with Crippen molar-refractivity contribution in [3.8, 4) is 0 Å². The van der Waals surface area contributed by atoms with E-state index in [2.05, 4.69) is 15.4 Å². The third-order valence-electron chi connectivity index (χ3n) is 3.58. The molecule has 1 N–H and O–H groups in total. The van der Waals surface area contributed by atoms with E-state index in [-0.39, 0.29) is 12.0 Å². The lowest BCUT2D eigenvalue weighted by Crippen LogP contribution is -2.42. The molecule has 22 heavy (non-hydrogen) atoms. The summed E-state index contributed by atoms with van der Waals surface area (Å²) in [7, 11) is 1.80. The molecule has 0 spiro atoms. The molecule has 3 heterocycles. The van der Waals surface area contributed by atoms with Gasteiger partial charge in [0.05, 0.1) is 23.9 Å². The first-order valence-corrected chi connectivity index (χ1v) is 7.13. The van der Waals surface area contributed by atoms with Gasteiger partial charge >= 0.3 is 6.09 Å². The summed E-state index contributed by atoms with van der Waals surface area (Å²) in [5.41, 5.74) is 2.01. The SMILES string of the molecule is Cn1ncc2ncc(C(=O)NCCN3CCCOC3=O)cc21. The van der Waals surface area contributed by atoms with E-state index in [4.69, 9.17) is 4.74 Å². The van der Waals surface area contributed by atoms with Gasteiger partial charge in [0.25, 0.3) is 5.91 Å². The summed E-state index contributed by atoms with van der Waals surface area (Å²) in [4.78, 5) is 29.4. The van der Waals surface area contributed by atoms with E-state index in [9.17, 15) is 9.59 Å². The topological polar surface area (TPSA) is 89.3 Å². The highest BCUT2D eigenvalue weighted by molar-refractivity contribution is 5.96. The molecule has 8 heteroatoms. The molecule has 0 radical (unpaired) electrons.